The largest absolute Gasteiger partial charge is 0.325 e. The molecule has 0 saturated heterocycles. The van der Waals surface area contributed by atoms with E-state index in [0.29, 0.717) is 11.4 Å². The number of aliphatic imine (C=N–C) groups is 1. The number of carbonyl (C=O) groups excluding carboxylic acids is 3. The minimum atomic E-state index is -1.13. The molecule has 0 saturated carbocycles. The number of amidine groups is 1. The number of hydrogen-bond acceptors (Lipinski definition) is 5. The van der Waals surface area contributed by atoms with Crippen LogP contribution < -0.4 is 16.0 Å². The third kappa shape index (κ3) is 5.43. The molecule has 1 aliphatic rings. The minimum absolute atomic E-state index is 0.185. The van der Waals surface area contributed by atoms with E-state index in [4.69, 9.17) is 0 Å². The van der Waals surface area contributed by atoms with E-state index in [2.05, 4.69) is 20.9 Å². The van der Waals surface area contributed by atoms with E-state index in [1.54, 1.807) is 48.5 Å². The molecule has 0 spiro atoms. The average molecular weight is 396 g/mol. The molecule has 0 bridgehead atoms. The van der Waals surface area contributed by atoms with Crippen LogP contribution in [0.15, 0.2) is 65.7 Å². The number of anilines is 2. The summed E-state index contributed by atoms with van der Waals surface area (Å²) < 4.78 is 0. The molecule has 0 aliphatic carbocycles. The van der Waals surface area contributed by atoms with Crippen molar-refractivity contribution in [3.63, 3.8) is 0 Å². The predicted molar refractivity (Wildman–Crippen MR) is 111 cm³/mol. The van der Waals surface area contributed by atoms with Gasteiger partial charge < -0.3 is 16.0 Å². The van der Waals surface area contributed by atoms with Gasteiger partial charge in [-0.2, -0.15) is 0 Å². The molecule has 3 N–H and O–H groups in total. The second-order valence-electron chi connectivity index (χ2n) is 6.24. The van der Waals surface area contributed by atoms with Gasteiger partial charge in [-0.25, -0.2) is 0 Å². The van der Waals surface area contributed by atoms with Gasteiger partial charge in [0, 0.05) is 17.8 Å². The molecule has 1 atom stereocenters. The second kappa shape index (κ2) is 9.18. The number of carbonyl (C=O) groups is 3. The van der Waals surface area contributed by atoms with Crippen molar-refractivity contribution < 1.29 is 14.4 Å². The fourth-order valence-corrected chi connectivity index (χ4v) is 3.54. The quantitative estimate of drug-likeness (QED) is 0.677. The molecule has 0 fully saturated rings. The van der Waals surface area contributed by atoms with Crippen molar-refractivity contribution in [1.82, 2.24) is 5.32 Å². The Labute approximate surface area is 167 Å². The van der Waals surface area contributed by atoms with Crippen molar-refractivity contribution in [1.29, 1.82) is 0 Å². The van der Waals surface area contributed by atoms with Gasteiger partial charge in [-0.3, -0.25) is 19.4 Å². The molecule has 2 aromatic rings. The van der Waals surface area contributed by atoms with Crippen LogP contribution in [-0.2, 0) is 14.4 Å². The standard InChI is InChI=1S/C20H20N4O3S/c1-13-12-16(25)24-20(21-13)28-17(18(26)22-14-8-4-2-5-9-14)19(27)23-15-10-6-3-7-11-15/h2-11,13,17H,12H2,1H3,(H,22,26)(H,23,27)(H,21,24,25). The van der Waals surface area contributed by atoms with Gasteiger partial charge in [-0.05, 0) is 31.2 Å². The molecule has 0 aromatic heterocycles. The number of amides is 3. The van der Waals surface area contributed by atoms with Crippen LogP contribution in [0, 0.1) is 0 Å². The minimum Gasteiger partial charge on any atom is -0.325 e. The highest BCUT2D eigenvalue weighted by Crippen LogP contribution is 2.20. The Morgan fingerprint density at radius 3 is 1.96 bits per heavy atom. The van der Waals surface area contributed by atoms with E-state index in [9.17, 15) is 14.4 Å². The van der Waals surface area contributed by atoms with Gasteiger partial charge >= 0.3 is 0 Å². The van der Waals surface area contributed by atoms with Gasteiger partial charge in [0.15, 0.2) is 10.4 Å². The third-order valence-corrected chi connectivity index (χ3v) is 4.95. The average Bonchev–Trinajstić information content (AvgIpc) is 2.67. The highest BCUT2D eigenvalue weighted by Gasteiger charge is 2.31. The summed E-state index contributed by atoms with van der Waals surface area (Å²) in [6, 6.07) is 17.5. The molecule has 8 heteroatoms. The van der Waals surface area contributed by atoms with Gasteiger partial charge in [0.2, 0.25) is 17.7 Å². The molecular weight excluding hydrogens is 376 g/mol. The van der Waals surface area contributed by atoms with Crippen molar-refractivity contribution in [3.05, 3.63) is 60.7 Å². The molecule has 7 nitrogen and oxygen atoms in total. The molecule has 3 amide bonds. The smallest absolute Gasteiger partial charge is 0.247 e. The number of nitrogens with zero attached hydrogens (tertiary/aromatic N) is 1. The lowest BCUT2D eigenvalue weighted by Gasteiger charge is -2.21. The van der Waals surface area contributed by atoms with Gasteiger partial charge in [0.1, 0.15) is 0 Å². The van der Waals surface area contributed by atoms with Crippen molar-refractivity contribution in [2.75, 3.05) is 10.6 Å². The number of rotatable bonds is 5. The van der Waals surface area contributed by atoms with Crippen molar-refractivity contribution in [2.24, 2.45) is 4.99 Å². The van der Waals surface area contributed by atoms with Crippen LogP contribution in [0.2, 0.25) is 0 Å². The van der Waals surface area contributed by atoms with Gasteiger partial charge in [0.05, 0.1) is 6.04 Å². The van der Waals surface area contributed by atoms with Gasteiger partial charge in [-0.1, -0.05) is 48.2 Å². The van der Waals surface area contributed by atoms with E-state index in [1.165, 1.54) is 0 Å². The monoisotopic (exact) mass is 396 g/mol. The zero-order valence-corrected chi connectivity index (χ0v) is 16.0. The third-order valence-electron chi connectivity index (χ3n) is 3.85. The van der Waals surface area contributed by atoms with Crippen molar-refractivity contribution >= 4 is 46.0 Å². The Hall–Kier alpha value is -3.13. The van der Waals surface area contributed by atoms with Crippen LogP contribution in [0.1, 0.15) is 13.3 Å². The van der Waals surface area contributed by atoms with E-state index < -0.39 is 17.1 Å². The highest BCUT2D eigenvalue weighted by molar-refractivity contribution is 8.15. The van der Waals surface area contributed by atoms with Crippen LogP contribution in [0.3, 0.4) is 0 Å². The Kier molecular flexibility index (Phi) is 6.44. The first-order valence-electron chi connectivity index (χ1n) is 8.77. The lowest BCUT2D eigenvalue weighted by Crippen LogP contribution is -2.42. The van der Waals surface area contributed by atoms with Crippen LogP contribution in [0.25, 0.3) is 0 Å². The maximum absolute atomic E-state index is 12.8. The first-order valence-corrected chi connectivity index (χ1v) is 9.65. The Bertz CT molecular complexity index is 833. The number of nitrogens with one attached hydrogen (secondary N) is 3. The molecule has 1 heterocycles. The molecule has 3 rings (SSSR count). The van der Waals surface area contributed by atoms with Crippen molar-refractivity contribution in [3.8, 4) is 0 Å². The SMILES string of the molecule is CC1CC(=O)NC(SC(C(=O)Nc2ccccc2)C(=O)Nc2ccccc2)=N1. The number of benzene rings is 2. The summed E-state index contributed by atoms with van der Waals surface area (Å²) in [5.74, 6) is -1.18. The van der Waals surface area contributed by atoms with E-state index in [1.807, 2.05) is 19.1 Å². The zero-order chi connectivity index (χ0) is 19.9. The van der Waals surface area contributed by atoms with Gasteiger partial charge in [0.25, 0.3) is 0 Å². The molecule has 28 heavy (non-hydrogen) atoms. The number of hydrogen-bond donors (Lipinski definition) is 3. The maximum atomic E-state index is 12.8. The summed E-state index contributed by atoms with van der Waals surface area (Å²) in [7, 11) is 0. The fourth-order valence-electron chi connectivity index (χ4n) is 2.57. The fraction of sp³-hybridized carbons (Fsp3) is 0.200. The molecule has 2 aromatic carbocycles. The first-order chi connectivity index (χ1) is 13.5. The van der Waals surface area contributed by atoms with E-state index in [0.717, 1.165) is 11.8 Å². The summed E-state index contributed by atoms with van der Waals surface area (Å²) in [6.07, 6.45) is 0.279. The summed E-state index contributed by atoms with van der Waals surface area (Å²) in [5.41, 5.74) is 1.15. The normalized spacial score (nSPS) is 16.1. The van der Waals surface area contributed by atoms with Crippen molar-refractivity contribution in [2.45, 2.75) is 24.6 Å². The van der Waals surface area contributed by atoms with Crippen LogP contribution in [-0.4, -0.2) is 34.2 Å². The predicted octanol–water partition coefficient (Wildman–Crippen LogP) is 2.63. The van der Waals surface area contributed by atoms with Crippen LogP contribution >= 0.6 is 11.8 Å². The second-order valence-corrected chi connectivity index (χ2v) is 7.34. The Morgan fingerprint density at radius 2 is 1.50 bits per heavy atom. The van der Waals surface area contributed by atoms with E-state index >= 15 is 0 Å². The number of thioether (sulfide) groups is 1. The summed E-state index contributed by atoms with van der Waals surface area (Å²) in [6.45, 7) is 1.81. The topological polar surface area (TPSA) is 99.7 Å². The summed E-state index contributed by atoms with van der Waals surface area (Å²) >= 11 is 0.922. The Balaban J connectivity index is 1.79. The molecule has 1 unspecified atom stereocenters. The Morgan fingerprint density at radius 1 is 1.00 bits per heavy atom. The molecule has 0 radical (unpaired) electrons. The first kappa shape index (κ1) is 19.6. The lowest BCUT2D eigenvalue weighted by atomic mass is 10.2. The highest BCUT2D eigenvalue weighted by atomic mass is 32.2. The summed E-state index contributed by atoms with van der Waals surface area (Å²) in [4.78, 5) is 41.8. The molecule has 144 valence electrons. The zero-order valence-electron chi connectivity index (χ0n) is 15.2. The van der Waals surface area contributed by atoms with Gasteiger partial charge in [-0.15, -0.1) is 0 Å². The van der Waals surface area contributed by atoms with Crippen LogP contribution in [0.5, 0.6) is 0 Å². The summed E-state index contributed by atoms with van der Waals surface area (Å²) in [5, 5.41) is 7.22. The molecular formula is C20H20N4O3S. The maximum Gasteiger partial charge on any atom is 0.247 e. The van der Waals surface area contributed by atoms with E-state index in [-0.39, 0.29) is 23.5 Å². The lowest BCUT2D eigenvalue weighted by molar-refractivity contribution is -0.123. The van der Waals surface area contributed by atoms with Crippen LogP contribution in [0.4, 0.5) is 11.4 Å². The molecule has 1 aliphatic heterocycles. The number of para-hydroxylation sites is 2.